The Labute approximate surface area is 240 Å². The molecule has 0 saturated carbocycles. The van der Waals surface area contributed by atoms with Gasteiger partial charge in [-0.25, -0.2) is 0 Å². The first-order valence-corrected chi connectivity index (χ1v) is 13.2. The minimum atomic E-state index is -1.26. The van der Waals surface area contributed by atoms with Crippen LogP contribution in [0, 0.1) is 11.3 Å². The number of amides is 1. The van der Waals surface area contributed by atoms with Crippen molar-refractivity contribution in [1.29, 1.82) is 5.26 Å². The molecule has 5 atom stereocenters. The highest BCUT2D eigenvalue weighted by Gasteiger charge is 2.62. The fourth-order valence-corrected chi connectivity index (χ4v) is 7.00. The van der Waals surface area contributed by atoms with Crippen LogP contribution in [-0.4, -0.2) is 108 Å². The third-order valence-electron chi connectivity index (χ3n) is 8.84. The number of ether oxygens (including phenoxy) is 2. The number of rotatable bonds is 5. The van der Waals surface area contributed by atoms with Crippen molar-refractivity contribution in [3.63, 3.8) is 0 Å². The first-order valence-electron chi connectivity index (χ1n) is 13.2. The number of nitrogens with zero attached hydrogens (tertiary/aromatic N) is 3. The Hall–Kier alpha value is -4.54. The molecule has 3 heterocycles. The van der Waals surface area contributed by atoms with Gasteiger partial charge in [0.05, 0.1) is 37.9 Å². The highest BCUT2D eigenvalue weighted by atomic mass is 16.5. The summed E-state index contributed by atoms with van der Waals surface area (Å²) in [5.41, 5.74) is -0.280. The maximum atomic E-state index is 13.9. The van der Waals surface area contributed by atoms with Crippen LogP contribution in [0.2, 0.25) is 0 Å². The lowest BCUT2D eigenvalue weighted by Crippen LogP contribution is -2.76. The molecule has 1 fully saturated rings. The molecular weight excluding hydrogens is 548 g/mol. The predicted octanol–water partition coefficient (Wildman–Crippen LogP) is -0.970. The zero-order valence-corrected chi connectivity index (χ0v) is 23.8. The van der Waals surface area contributed by atoms with E-state index in [-0.39, 0.29) is 57.9 Å². The number of likely N-dealkylation sites (N-methyl/N-ethyl adjacent to an activating group) is 1. The molecule has 0 aromatic heterocycles. The fourth-order valence-electron chi connectivity index (χ4n) is 7.00. The van der Waals surface area contributed by atoms with E-state index in [4.69, 9.17) is 9.47 Å². The standard InChI is InChI=1S/C29H28N4O9/c1-10-22(35)13-7-14-20-18-19(23(36)11(2)28(42-6)26(18)39)24(37)21(32(20)4)15(8-30)33(14)16(9-31-29(40)12(3)34)17(13)25(38)27(10)41-5/h14-16,20-21H,7,9H2,1-6H3,(H,31,40)/t14-,15-,16-,20-,21+/m0/s1. The van der Waals surface area contributed by atoms with E-state index < -0.39 is 70.8 Å². The smallest absolute Gasteiger partial charge is 0.287 e. The van der Waals surface area contributed by atoms with Gasteiger partial charge < -0.3 is 14.8 Å². The van der Waals surface area contributed by atoms with Gasteiger partial charge >= 0.3 is 0 Å². The van der Waals surface area contributed by atoms with E-state index in [0.717, 1.165) is 6.92 Å². The molecule has 0 unspecified atom stereocenters. The van der Waals surface area contributed by atoms with Gasteiger partial charge in [0.1, 0.15) is 12.1 Å². The molecule has 42 heavy (non-hydrogen) atoms. The summed E-state index contributed by atoms with van der Waals surface area (Å²) in [6, 6.07) is -3.32. The number of Topliss-reactive ketones (excluding diaryl/α,β-unsaturated/α-hetero) is 6. The predicted molar refractivity (Wildman–Crippen MR) is 141 cm³/mol. The monoisotopic (exact) mass is 576 g/mol. The van der Waals surface area contributed by atoms with Crippen molar-refractivity contribution in [1.82, 2.24) is 15.1 Å². The lowest BCUT2D eigenvalue weighted by molar-refractivity contribution is -0.139. The van der Waals surface area contributed by atoms with Crippen LogP contribution >= 0.6 is 0 Å². The summed E-state index contributed by atoms with van der Waals surface area (Å²) in [7, 11) is 4.05. The summed E-state index contributed by atoms with van der Waals surface area (Å²) in [5.74, 6) is -5.32. The summed E-state index contributed by atoms with van der Waals surface area (Å²) < 4.78 is 10.5. The zero-order valence-electron chi connectivity index (χ0n) is 23.8. The van der Waals surface area contributed by atoms with Crippen molar-refractivity contribution in [3.05, 3.63) is 45.0 Å². The van der Waals surface area contributed by atoms with Crippen molar-refractivity contribution in [3.8, 4) is 6.07 Å². The van der Waals surface area contributed by atoms with Crippen molar-refractivity contribution in [2.45, 2.75) is 57.4 Å². The molecule has 2 bridgehead atoms. The van der Waals surface area contributed by atoms with Gasteiger partial charge in [-0.2, -0.15) is 5.26 Å². The number of carbonyl (C=O) groups excluding carboxylic acids is 7. The van der Waals surface area contributed by atoms with E-state index in [2.05, 4.69) is 11.4 Å². The molecule has 5 aliphatic rings. The lowest BCUT2D eigenvalue weighted by atomic mass is 9.67. The second-order valence-electron chi connectivity index (χ2n) is 10.8. The number of nitrogens with one attached hydrogen (secondary N) is 1. The Morgan fingerprint density at radius 1 is 0.929 bits per heavy atom. The lowest BCUT2D eigenvalue weighted by Gasteiger charge is -2.59. The Morgan fingerprint density at radius 2 is 1.50 bits per heavy atom. The summed E-state index contributed by atoms with van der Waals surface area (Å²) in [6.07, 6.45) is -0.108. The van der Waals surface area contributed by atoms with Gasteiger partial charge in [-0.15, -0.1) is 0 Å². The maximum Gasteiger partial charge on any atom is 0.287 e. The van der Waals surface area contributed by atoms with Crippen LogP contribution in [0.1, 0.15) is 27.2 Å². The number of ketones is 6. The number of methoxy groups -OCH3 is 2. The van der Waals surface area contributed by atoms with E-state index in [0.29, 0.717) is 0 Å². The molecule has 0 aromatic carbocycles. The average Bonchev–Trinajstić information content (AvgIpc) is 2.95. The summed E-state index contributed by atoms with van der Waals surface area (Å²) in [4.78, 5) is 95.7. The van der Waals surface area contributed by atoms with E-state index in [9.17, 15) is 38.8 Å². The van der Waals surface area contributed by atoms with Crippen molar-refractivity contribution in [2.24, 2.45) is 0 Å². The number of fused-ring (bicyclic) bond motifs is 5. The molecule has 1 amide bonds. The first-order chi connectivity index (χ1) is 19.8. The Kier molecular flexibility index (Phi) is 6.95. The zero-order chi connectivity index (χ0) is 30.9. The molecule has 3 aliphatic heterocycles. The van der Waals surface area contributed by atoms with E-state index in [1.807, 2.05) is 0 Å². The summed E-state index contributed by atoms with van der Waals surface area (Å²) >= 11 is 0. The highest BCUT2D eigenvalue weighted by molar-refractivity contribution is 6.37. The summed E-state index contributed by atoms with van der Waals surface area (Å²) in [6.45, 7) is 3.54. The molecule has 2 aliphatic carbocycles. The third kappa shape index (κ3) is 3.72. The van der Waals surface area contributed by atoms with Crippen LogP contribution in [0.15, 0.2) is 45.0 Å². The van der Waals surface area contributed by atoms with Crippen molar-refractivity contribution < 1.29 is 43.0 Å². The summed E-state index contributed by atoms with van der Waals surface area (Å²) in [5, 5.41) is 12.9. The molecule has 0 spiro atoms. The van der Waals surface area contributed by atoms with E-state index in [1.165, 1.54) is 28.1 Å². The molecular formula is C29H28N4O9. The topological polar surface area (TPSA) is 180 Å². The Morgan fingerprint density at radius 3 is 2.05 bits per heavy atom. The Balaban J connectivity index is 1.75. The highest BCUT2D eigenvalue weighted by Crippen LogP contribution is 2.48. The van der Waals surface area contributed by atoms with Crippen molar-refractivity contribution in [2.75, 3.05) is 27.8 Å². The van der Waals surface area contributed by atoms with Gasteiger partial charge in [0.15, 0.2) is 28.9 Å². The quantitative estimate of drug-likeness (QED) is 0.241. The van der Waals surface area contributed by atoms with Gasteiger partial charge in [-0.3, -0.25) is 43.4 Å². The SMILES string of the molecule is COC1=C(C)C(=O)C2=C(C1=O)[C@@H]1[C@@H]3CC4=C(C(=O)C(OC)=C(C)C4=O)[C@H](CNC(=O)C(C)=O)N3[C@@H](C#N)[C@H](C2=O)N1C. The number of carbonyl (C=O) groups is 7. The number of piperazine rings is 1. The van der Waals surface area contributed by atoms with Gasteiger partial charge in [-0.05, 0) is 27.3 Å². The first kappa shape index (κ1) is 29.0. The van der Waals surface area contributed by atoms with Crippen LogP contribution in [0.25, 0.3) is 0 Å². The molecule has 1 N–H and O–H groups in total. The molecule has 0 radical (unpaired) electrons. The van der Waals surface area contributed by atoms with Crippen LogP contribution in [0.4, 0.5) is 0 Å². The van der Waals surface area contributed by atoms with Crippen LogP contribution in [-0.2, 0) is 43.0 Å². The second-order valence-corrected chi connectivity index (χ2v) is 10.8. The molecule has 5 rings (SSSR count). The maximum absolute atomic E-state index is 13.9. The van der Waals surface area contributed by atoms with Gasteiger partial charge in [0.25, 0.3) is 5.91 Å². The Bertz CT molecular complexity index is 1600. The van der Waals surface area contributed by atoms with Gasteiger partial charge in [0.2, 0.25) is 17.3 Å². The molecule has 218 valence electrons. The average molecular weight is 577 g/mol. The number of nitriles is 1. The second kappa shape index (κ2) is 10.1. The van der Waals surface area contributed by atoms with Crippen LogP contribution < -0.4 is 5.32 Å². The van der Waals surface area contributed by atoms with Gasteiger partial charge in [0, 0.05) is 47.4 Å². The van der Waals surface area contributed by atoms with Crippen LogP contribution in [0.3, 0.4) is 0 Å². The molecule has 0 aromatic rings. The third-order valence-corrected chi connectivity index (χ3v) is 8.84. The minimum Gasteiger partial charge on any atom is -0.492 e. The number of hydrogen-bond acceptors (Lipinski definition) is 12. The number of allylic oxidation sites excluding steroid dienone is 4. The van der Waals surface area contributed by atoms with E-state index >= 15 is 0 Å². The van der Waals surface area contributed by atoms with Crippen molar-refractivity contribution >= 4 is 40.6 Å². The van der Waals surface area contributed by atoms with Crippen LogP contribution in [0.5, 0.6) is 0 Å². The fraction of sp³-hybridized carbons (Fsp3) is 0.448. The normalized spacial score (nSPS) is 29.7. The molecule has 13 heteroatoms. The van der Waals surface area contributed by atoms with E-state index in [1.54, 1.807) is 16.8 Å². The minimum absolute atomic E-state index is 0.0218. The van der Waals surface area contributed by atoms with Gasteiger partial charge in [-0.1, -0.05) is 0 Å². The molecule has 13 nitrogen and oxygen atoms in total. The number of hydrogen-bond donors (Lipinski definition) is 1. The largest absolute Gasteiger partial charge is 0.492 e. The molecule has 1 saturated heterocycles.